The standard InChI is InChI=1S/C18H23N3O7/c1-4-5-6-11-15(17(24)28-9(2)3)16(20-18(25)19-11)10-7-12(21(26)27)14(23)8-13(10)22/h7-9,16,22-23H,4-6H2,1-3H3,(H2,19,20,25). The maximum absolute atomic E-state index is 12.7. The van der Waals surface area contributed by atoms with Gasteiger partial charge in [0.15, 0.2) is 5.75 Å². The number of unbranched alkanes of at least 4 members (excludes halogenated alkanes) is 1. The van der Waals surface area contributed by atoms with Gasteiger partial charge in [-0.05, 0) is 26.7 Å². The summed E-state index contributed by atoms with van der Waals surface area (Å²) in [7, 11) is 0. The lowest BCUT2D eigenvalue weighted by Gasteiger charge is -2.30. The highest BCUT2D eigenvalue weighted by molar-refractivity contribution is 5.95. The molecule has 152 valence electrons. The summed E-state index contributed by atoms with van der Waals surface area (Å²) in [6, 6.07) is -0.0572. The van der Waals surface area contributed by atoms with Crippen molar-refractivity contribution in [3.05, 3.63) is 39.1 Å². The van der Waals surface area contributed by atoms with Crippen molar-refractivity contribution in [2.24, 2.45) is 0 Å². The van der Waals surface area contributed by atoms with Crippen LogP contribution >= 0.6 is 0 Å². The van der Waals surface area contributed by atoms with Crippen LogP contribution in [0.3, 0.4) is 0 Å². The van der Waals surface area contributed by atoms with E-state index in [1.165, 1.54) is 0 Å². The van der Waals surface area contributed by atoms with Crippen molar-refractivity contribution >= 4 is 17.7 Å². The summed E-state index contributed by atoms with van der Waals surface area (Å²) >= 11 is 0. The molecule has 1 aromatic carbocycles. The van der Waals surface area contributed by atoms with Gasteiger partial charge in [0.05, 0.1) is 22.6 Å². The zero-order valence-electron chi connectivity index (χ0n) is 15.8. The topological polar surface area (TPSA) is 151 Å². The van der Waals surface area contributed by atoms with Gasteiger partial charge < -0.3 is 25.6 Å². The maximum Gasteiger partial charge on any atom is 0.338 e. The van der Waals surface area contributed by atoms with Crippen molar-refractivity contribution in [2.75, 3.05) is 0 Å². The number of aromatic hydroxyl groups is 2. The van der Waals surface area contributed by atoms with E-state index < -0.39 is 46.3 Å². The number of rotatable bonds is 7. The molecule has 2 amide bonds. The van der Waals surface area contributed by atoms with Crippen LogP contribution in [0.4, 0.5) is 10.5 Å². The number of nitro groups is 1. The molecular formula is C18H23N3O7. The first-order valence-electron chi connectivity index (χ1n) is 8.87. The van der Waals surface area contributed by atoms with Gasteiger partial charge in [0, 0.05) is 23.4 Å². The molecule has 1 unspecified atom stereocenters. The fraction of sp³-hybridized carbons (Fsp3) is 0.444. The van der Waals surface area contributed by atoms with Crippen molar-refractivity contribution in [3.63, 3.8) is 0 Å². The Labute approximate surface area is 161 Å². The quantitative estimate of drug-likeness (QED) is 0.316. The number of amides is 2. The summed E-state index contributed by atoms with van der Waals surface area (Å²) in [4.78, 5) is 35.2. The van der Waals surface area contributed by atoms with Crippen LogP contribution in [0, 0.1) is 10.1 Å². The molecule has 28 heavy (non-hydrogen) atoms. The Morgan fingerprint density at radius 1 is 1.32 bits per heavy atom. The Bertz CT molecular complexity index is 833. The molecule has 1 atom stereocenters. The maximum atomic E-state index is 12.7. The van der Waals surface area contributed by atoms with E-state index in [-0.39, 0.29) is 11.1 Å². The van der Waals surface area contributed by atoms with E-state index in [1.807, 2.05) is 6.92 Å². The average molecular weight is 393 g/mol. The SMILES string of the molecule is CCCCC1=C(C(=O)OC(C)C)C(c2cc([N+](=O)[O-])c(O)cc2O)NC(=O)N1. The third kappa shape index (κ3) is 4.51. The third-order valence-corrected chi connectivity index (χ3v) is 4.13. The van der Waals surface area contributed by atoms with Crippen LogP contribution in [0.15, 0.2) is 23.4 Å². The number of ether oxygens (including phenoxy) is 1. The lowest BCUT2D eigenvalue weighted by molar-refractivity contribution is -0.386. The highest BCUT2D eigenvalue weighted by Crippen LogP contribution is 2.40. The van der Waals surface area contributed by atoms with Crippen LogP contribution < -0.4 is 10.6 Å². The fourth-order valence-corrected chi connectivity index (χ4v) is 2.88. The highest BCUT2D eigenvalue weighted by Gasteiger charge is 2.36. The van der Waals surface area contributed by atoms with E-state index in [2.05, 4.69) is 10.6 Å². The number of nitrogens with zero attached hydrogens (tertiary/aromatic N) is 1. The summed E-state index contributed by atoms with van der Waals surface area (Å²) in [5, 5.41) is 36.2. The second-order valence-electron chi connectivity index (χ2n) is 6.64. The number of nitrogens with one attached hydrogen (secondary N) is 2. The highest BCUT2D eigenvalue weighted by atomic mass is 16.6. The first-order valence-corrected chi connectivity index (χ1v) is 8.87. The average Bonchev–Trinajstić information content (AvgIpc) is 2.58. The molecule has 0 aromatic heterocycles. The van der Waals surface area contributed by atoms with Crippen molar-refractivity contribution in [1.29, 1.82) is 0 Å². The Morgan fingerprint density at radius 2 is 2.00 bits per heavy atom. The van der Waals surface area contributed by atoms with Gasteiger partial charge in [0.1, 0.15) is 5.75 Å². The normalized spacial score (nSPS) is 16.6. The van der Waals surface area contributed by atoms with E-state index in [0.717, 1.165) is 18.6 Å². The number of hydrogen-bond acceptors (Lipinski definition) is 7. The monoisotopic (exact) mass is 393 g/mol. The molecule has 1 heterocycles. The van der Waals surface area contributed by atoms with E-state index in [1.54, 1.807) is 13.8 Å². The summed E-state index contributed by atoms with van der Waals surface area (Å²) < 4.78 is 5.28. The first kappa shape index (κ1) is 21.0. The minimum atomic E-state index is -1.17. The predicted octanol–water partition coefficient (Wildman–Crippen LogP) is 2.76. The van der Waals surface area contributed by atoms with Gasteiger partial charge >= 0.3 is 17.7 Å². The van der Waals surface area contributed by atoms with Crippen LogP contribution in [-0.4, -0.2) is 33.2 Å². The number of phenols is 2. The number of carbonyl (C=O) groups excluding carboxylic acids is 2. The number of hydrogen-bond donors (Lipinski definition) is 4. The van der Waals surface area contributed by atoms with Crippen LogP contribution in [0.5, 0.6) is 11.5 Å². The predicted molar refractivity (Wildman–Crippen MR) is 98.6 cm³/mol. The van der Waals surface area contributed by atoms with Crippen molar-refractivity contribution in [2.45, 2.75) is 52.2 Å². The number of urea groups is 1. The second-order valence-corrected chi connectivity index (χ2v) is 6.64. The van der Waals surface area contributed by atoms with E-state index in [9.17, 15) is 29.9 Å². The molecule has 1 aliphatic heterocycles. The van der Waals surface area contributed by atoms with Crippen LogP contribution in [0.25, 0.3) is 0 Å². The van der Waals surface area contributed by atoms with Gasteiger partial charge in [-0.1, -0.05) is 13.3 Å². The van der Waals surface area contributed by atoms with Gasteiger partial charge in [-0.2, -0.15) is 0 Å². The Balaban J connectivity index is 2.64. The Hall–Kier alpha value is -3.30. The summed E-state index contributed by atoms with van der Waals surface area (Å²) in [5.74, 6) is -1.94. The van der Waals surface area contributed by atoms with E-state index in [4.69, 9.17) is 4.74 Å². The summed E-state index contributed by atoms with van der Waals surface area (Å²) in [6.45, 7) is 5.27. The van der Waals surface area contributed by atoms with Crippen LogP contribution in [-0.2, 0) is 9.53 Å². The van der Waals surface area contributed by atoms with Gasteiger partial charge in [-0.15, -0.1) is 0 Å². The molecule has 0 fully saturated rings. The number of esters is 1. The molecule has 0 bridgehead atoms. The number of carbonyl (C=O) groups is 2. The number of benzene rings is 1. The minimum absolute atomic E-state index is 0.0528. The zero-order chi connectivity index (χ0) is 21.0. The Morgan fingerprint density at radius 3 is 2.57 bits per heavy atom. The zero-order valence-corrected chi connectivity index (χ0v) is 15.8. The van der Waals surface area contributed by atoms with E-state index >= 15 is 0 Å². The number of allylic oxidation sites excluding steroid dienone is 1. The van der Waals surface area contributed by atoms with Gasteiger partial charge in [-0.3, -0.25) is 10.1 Å². The lowest BCUT2D eigenvalue weighted by atomic mass is 9.92. The molecule has 0 aliphatic carbocycles. The molecule has 2 rings (SSSR count). The molecule has 0 radical (unpaired) electrons. The molecule has 10 nitrogen and oxygen atoms in total. The smallest absolute Gasteiger partial charge is 0.338 e. The fourth-order valence-electron chi connectivity index (χ4n) is 2.88. The molecule has 1 aromatic rings. The van der Waals surface area contributed by atoms with Crippen LogP contribution in [0.2, 0.25) is 0 Å². The summed E-state index contributed by atoms with van der Waals surface area (Å²) in [5.41, 5.74) is -0.371. The van der Waals surface area contributed by atoms with Crippen molar-refractivity contribution in [1.82, 2.24) is 10.6 Å². The molecular weight excluding hydrogens is 370 g/mol. The van der Waals surface area contributed by atoms with E-state index in [0.29, 0.717) is 18.5 Å². The molecule has 0 saturated heterocycles. The third-order valence-electron chi connectivity index (χ3n) is 4.13. The molecule has 0 saturated carbocycles. The lowest BCUT2D eigenvalue weighted by Crippen LogP contribution is -2.46. The van der Waals surface area contributed by atoms with Gasteiger partial charge in [0.25, 0.3) is 0 Å². The van der Waals surface area contributed by atoms with Gasteiger partial charge in [0.2, 0.25) is 0 Å². The number of phenolic OH excluding ortho intramolecular Hbond substituents is 2. The van der Waals surface area contributed by atoms with Crippen LogP contribution in [0.1, 0.15) is 51.6 Å². The molecule has 0 spiro atoms. The minimum Gasteiger partial charge on any atom is -0.507 e. The Kier molecular flexibility index (Phi) is 6.45. The second kappa shape index (κ2) is 8.59. The number of nitro benzene ring substituents is 1. The summed E-state index contributed by atoms with van der Waals surface area (Å²) in [6.07, 6.45) is 1.43. The van der Waals surface area contributed by atoms with Crippen molar-refractivity contribution in [3.8, 4) is 11.5 Å². The first-order chi connectivity index (χ1) is 13.1. The van der Waals surface area contributed by atoms with Crippen molar-refractivity contribution < 1.29 is 29.5 Å². The molecule has 1 aliphatic rings. The molecule has 4 N–H and O–H groups in total. The van der Waals surface area contributed by atoms with Gasteiger partial charge in [-0.25, -0.2) is 9.59 Å². The largest absolute Gasteiger partial charge is 0.507 e. The molecule has 10 heteroatoms.